The Labute approximate surface area is 187 Å². The highest BCUT2D eigenvalue weighted by molar-refractivity contribution is 6.80. The molecule has 30 heavy (non-hydrogen) atoms. The molecule has 0 saturated carbocycles. The third-order valence-electron chi connectivity index (χ3n) is 8.11. The van der Waals surface area contributed by atoms with Crippen molar-refractivity contribution in [2.75, 3.05) is 6.61 Å². The fraction of sp³-hybridized carbons (Fsp3) is 0.833. The van der Waals surface area contributed by atoms with Crippen LogP contribution < -0.4 is 5.32 Å². The van der Waals surface area contributed by atoms with E-state index in [1.54, 1.807) is 0 Å². The van der Waals surface area contributed by atoms with E-state index < -0.39 is 16.4 Å². The fourth-order valence-corrected chi connectivity index (χ4v) is 6.96. The number of aliphatic imine (C=N–C) groups is 1. The highest BCUT2D eigenvalue weighted by Crippen LogP contribution is 2.41. The molecule has 2 aliphatic rings. The van der Waals surface area contributed by atoms with Crippen molar-refractivity contribution in [3.05, 3.63) is 11.3 Å². The van der Waals surface area contributed by atoms with E-state index >= 15 is 0 Å². The van der Waals surface area contributed by atoms with Crippen molar-refractivity contribution >= 4 is 22.1 Å². The highest BCUT2D eigenvalue weighted by Gasteiger charge is 2.39. The maximum Gasteiger partial charge on any atom is 0.192 e. The van der Waals surface area contributed by atoms with E-state index in [0.29, 0.717) is 17.7 Å². The molecule has 4 nitrogen and oxygen atoms in total. The van der Waals surface area contributed by atoms with Gasteiger partial charge in [0.25, 0.3) is 0 Å². The largest absolute Gasteiger partial charge is 0.415 e. The molecule has 1 fully saturated rings. The van der Waals surface area contributed by atoms with Crippen molar-refractivity contribution in [2.24, 2.45) is 4.99 Å². The molecule has 0 bridgehead atoms. The van der Waals surface area contributed by atoms with E-state index in [9.17, 15) is 5.26 Å². The van der Waals surface area contributed by atoms with Gasteiger partial charge in [-0.3, -0.25) is 4.99 Å². The van der Waals surface area contributed by atoms with Crippen LogP contribution in [0.3, 0.4) is 0 Å². The van der Waals surface area contributed by atoms with Gasteiger partial charge in [-0.2, -0.15) is 5.26 Å². The molecule has 1 saturated heterocycles. The summed E-state index contributed by atoms with van der Waals surface area (Å²) in [6, 6.07) is 4.44. The highest BCUT2D eigenvalue weighted by atomic mass is 28.4. The maximum atomic E-state index is 9.90. The summed E-state index contributed by atoms with van der Waals surface area (Å²) >= 11 is 0. The lowest BCUT2D eigenvalue weighted by atomic mass is 10.1. The average Bonchev–Trinajstić information content (AvgIpc) is 3.22. The van der Waals surface area contributed by atoms with Crippen LogP contribution in [-0.4, -0.2) is 40.8 Å². The van der Waals surface area contributed by atoms with Gasteiger partial charge in [-0.15, -0.1) is 0 Å². The van der Waals surface area contributed by atoms with Crippen LogP contribution >= 0.6 is 0 Å². The molecular weight excluding hydrogens is 402 g/mol. The van der Waals surface area contributed by atoms with Gasteiger partial charge in [-0.25, -0.2) is 0 Å². The number of nitrogens with one attached hydrogen (secondary N) is 1. The molecule has 0 amide bonds. The summed E-state index contributed by atoms with van der Waals surface area (Å²) < 4.78 is 6.39. The summed E-state index contributed by atoms with van der Waals surface area (Å²) in [6.45, 7) is 24.2. The van der Waals surface area contributed by atoms with Gasteiger partial charge in [-0.1, -0.05) is 54.6 Å². The molecule has 0 radical (unpaired) electrons. The predicted molar refractivity (Wildman–Crippen MR) is 134 cm³/mol. The van der Waals surface area contributed by atoms with Gasteiger partial charge in [-0.05, 0) is 54.9 Å². The lowest BCUT2D eigenvalue weighted by Crippen LogP contribution is -2.42. The second kappa shape index (κ2) is 8.92. The first-order valence-corrected chi connectivity index (χ1v) is 17.8. The Morgan fingerprint density at radius 2 is 1.70 bits per heavy atom. The molecule has 2 heterocycles. The molecule has 170 valence electrons. The Morgan fingerprint density at radius 3 is 2.23 bits per heavy atom. The van der Waals surface area contributed by atoms with E-state index in [-0.39, 0.29) is 11.1 Å². The van der Waals surface area contributed by atoms with E-state index in [4.69, 9.17) is 9.42 Å². The zero-order chi connectivity index (χ0) is 23.0. The molecule has 1 N–H and O–H groups in total. The number of rotatable bonds is 6. The zero-order valence-electron chi connectivity index (χ0n) is 21.2. The van der Waals surface area contributed by atoms with Gasteiger partial charge in [0.1, 0.15) is 6.07 Å². The topological polar surface area (TPSA) is 57.4 Å². The second-order valence-corrected chi connectivity index (χ2v) is 23.0. The van der Waals surface area contributed by atoms with E-state index in [0.717, 1.165) is 42.7 Å². The number of hydrogen-bond donors (Lipinski definition) is 1. The molecule has 0 aromatic heterocycles. The summed E-state index contributed by atoms with van der Waals surface area (Å²) in [5.74, 6) is 0. The summed E-state index contributed by atoms with van der Waals surface area (Å²) in [5, 5.41) is 14.2. The van der Waals surface area contributed by atoms with Crippen molar-refractivity contribution in [2.45, 2.75) is 122 Å². The van der Waals surface area contributed by atoms with Crippen molar-refractivity contribution in [3.8, 4) is 6.07 Å². The van der Waals surface area contributed by atoms with E-state index in [1.165, 1.54) is 6.04 Å². The van der Waals surface area contributed by atoms with Crippen molar-refractivity contribution in [1.29, 1.82) is 5.26 Å². The third-order valence-corrected chi connectivity index (χ3v) is 18.2. The molecule has 6 heteroatoms. The number of nitriles is 1. The Morgan fingerprint density at radius 1 is 1.07 bits per heavy atom. The standard InChI is InChI=1S/C24H45N3OSi2/c1-23(2,3)29(7,8)17-19-12-14-22(27-19)20(15-25)21-13-11-18(26-21)16-28-30(9,10)24(4,5)6/h18-19,27H,11-14,16-17H2,1-10H3/b22-20-/t18-,19-/m0/s1. The molecule has 0 aliphatic carbocycles. The summed E-state index contributed by atoms with van der Waals surface area (Å²) in [4.78, 5) is 4.93. The van der Waals surface area contributed by atoms with Crippen LogP contribution in [0.5, 0.6) is 0 Å². The van der Waals surface area contributed by atoms with Gasteiger partial charge in [0, 0.05) is 11.7 Å². The van der Waals surface area contributed by atoms with E-state index in [2.05, 4.69) is 79.1 Å². The molecular formula is C24H45N3OSi2. The lowest BCUT2D eigenvalue weighted by molar-refractivity contribution is 0.263. The molecule has 0 aromatic rings. The molecule has 0 unspecified atom stereocenters. The van der Waals surface area contributed by atoms with Crippen LogP contribution in [0.25, 0.3) is 0 Å². The Bertz CT molecular complexity index is 733. The van der Waals surface area contributed by atoms with Gasteiger partial charge < -0.3 is 9.74 Å². The monoisotopic (exact) mass is 447 g/mol. The maximum absolute atomic E-state index is 9.90. The average molecular weight is 448 g/mol. The quantitative estimate of drug-likeness (QED) is 0.366. The smallest absolute Gasteiger partial charge is 0.192 e. The zero-order valence-corrected chi connectivity index (χ0v) is 23.2. The number of nitrogens with zero attached hydrogens (tertiary/aromatic N) is 2. The van der Waals surface area contributed by atoms with Crippen LogP contribution in [0.15, 0.2) is 16.3 Å². The van der Waals surface area contributed by atoms with Crippen molar-refractivity contribution < 1.29 is 4.43 Å². The van der Waals surface area contributed by atoms with Crippen molar-refractivity contribution in [3.63, 3.8) is 0 Å². The number of hydrogen-bond acceptors (Lipinski definition) is 4. The molecule has 0 spiro atoms. The minimum Gasteiger partial charge on any atom is -0.415 e. The summed E-state index contributed by atoms with van der Waals surface area (Å²) in [5.41, 5.74) is 2.94. The third kappa shape index (κ3) is 5.86. The minimum atomic E-state index is -1.76. The van der Waals surface area contributed by atoms with Crippen LogP contribution in [0.4, 0.5) is 0 Å². The minimum absolute atomic E-state index is 0.197. The van der Waals surface area contributed by atoms with Gasteiger partial charge in [0.2, 0.25) is 0 Å². The SMILES string of the molecule is CC(C)(C)[Si](C)(C)C[C@@H]1CC/C(=C(\C#N)C2=N[C@H](CO[Si](C)(C)C(C)(C)C)CC2)N1. The second-order valence-electron chi connectivity index (χ2n) is 12.5. The Kier molecular flexibility index (Phi) is 7.54. The van der Waals surface area contributed by atoms with Gasteiger partial charge in [0.15, 0.2) is 8.32 Å². The lowest BCUT2D eigenvalue weighted by Gasteiger charge is -2.38. The van der Waals surface area contributed by atoms with Crippen molar-refractivity contribution in [1.82, 2.24) is 5.32 Å². The van der Waals surface area contributed by atoms with E-state index in [1.807, 2.05) is 0 Å². The molecule has 2 rings (SSSR count). The predicted octanol–water partition coefficient (Wildman–Crippen LogP) is 6.65. The van der Waals surface area contributed by atoms with Crippen LogP contribution in [0.1, 0.15) is 67.2 Å². The van der Waals surface area contributed by atoms with Gasteiger partial charge >= 0.3 is 0 Å². The fourth-order valence-electron chi connectivity index (χ4n) is 3.77. The normalized spacial score (nSPS) is 25.0. The van der Waals surface area contributed by atoms with Crippen LogP contribution in [-0.2, 0) is 4.43 Å². The van der Waals surface area contributed by atoms with Crippen LogP contribution in [0.2, 0.25) is 42.3 Å². The van der Waals surface area contributed by atoms with Crippen LogP contribution in [0, 0.1) is 11.3 Å². The Balaban J connectivity index is 2.05. The summed E-state index contributed by atoms with van der Waals surface area (Å²) in [7, 11) is -3.10. The van der Waals surface area contributed by atoms with Gasteiger partial charge in [0.05, 0.1) is 32.0 Å². The Hall–Kier alpha value is -0.906. The first kappa shape index (κ1) is 25.4. The molecule has 2 atom stereocenters. The molecule has 2 aliphatic heterocycles. The first-order chi connectivity index (χ1) is 13.6. The number of allylic oxidation sites excluding steroid dienone is 2. The molecule has 0 aromatic carbocycles. The summed E-state index contributed by atoms with van der Waals surface area (Å²) in [6.07, 6.45) is 4.01. The first-order valence-electron chi connectivity index (χ1n) is 11.7.